The summed E-state index contributed by atoms with van der Waals surface area (Å²) in [6.07, 6.45) is 7.60. The molecule has 3 aliphatic rings. The van der Waals surface area contributed by atoms with Gasteiger partial charge in [0, 0.05) is 6.54 Å². The second-order valence-corrected chi connectivity index (χ2v) is 10.7. The van der Waals surface area contributed by atoms with Crippen LogP contribution in [0, 0.1) is 17.8 Å². The number of likely N-dealkylation sites (tertiary alicyclic amines) is 1. The van der Waals surface area contributed by atoms with Crippen molar-refractivity contribution in [3.05, 3.63) is 45.5 Å². The van der Waals surface area contributed by atoms with Crippen LogP contribution in [0.25, 0.3) is 6.08 Å². The molecule has 4 atom stereocenters. The Morgan fingerprint density at radius 3 is 2.64 bits per heavy atom. The number of phenols is 1. The van der Waals surface area contributed by atoms with Crippen molar-refractivity contribution in [2.45, 2.75) is 78.1 Å². The summed E-state index contributed by atoms with van der Waals surface area (Å²) in [6.45, 7) is 6.67. The number of rotatable bonds is 9. The molecule has 1 aliphatic carbocycles. The van der Waals surface area contributed by atoms with Gasteiger partial charge in [-0.3, -0.25) is 14.5 Å². The molecule has 2 amide bonds. The van der Waals surface area contributed by atoms with Gasteiger partial charge in [-0.25, -0.2) is 0 Å². The van der Waals surface area contributed by atoms with E-state index in [4.69, 9.17) is 16.3 Å². The number of carbonyl (C=O) groups is 2. The molecule has 2 aliphatic heterocycles. The highest BCUT2D eigenvalue weighted by Gasteiger charge is 2.56. The van der Waals surface area contributed by atoms with E-state index in [9.17, 15) is 19.7 Å². The summed E-state index contributed by atoms with van der Waals surface area (Å²) in [7, 11) is -0.950. The molecule has 2 heterocycles. The first kappa shape index (κ1) is 27.0. The molecule has 0 bridgehead atoms. The number of fused-ring (bicyclic) bond motifs is 3. The van der Waals surface area contributed by atoms with Gasteiger partial charge in [-0.1, -0.05) is 56.0 Å². The topological polar surface area (TPSA) is 87.1 Å². The van der Waals surface area contributed by atoms with Crippen molar-refractivity contribution in [2.75, 3.05) is 6.54 Å². The van der Waals surface area contributed by atoms with Gasteiger partial charge in [0.05, 0.1) is 23.0 Å². The van der Waals surface area contributed by atoms with Crippen molar-refractivity contribution >= 4 is 36.6 Å². The zero-order valence-electron chi connectivity index (χ0n) is 21.5. The largest absolute Gasteiger partial charge is 0.508 e. The van der Waals surface area contributed by atoms with Gasteiger partial charge >= 0.3 is 7.12 Å². The number of nitrogens with zero attached hydrogens (tertiary/aromatic N) is 1. The maximum absolute atomic E-state index is 13.4. The van der Waals surface area contributed by atoms with E-state index in [1.165, 1.54) is 22.1 Å². The Bertz CT molecular complexity index is 1070. The molecule has 0 radical (unpaired) electrons. The minimum absolute atomic E-state index is 0.0426. The molecule has 1 aromatic rings. The summed E-state index contributed by atoms with van der Waals surface area (Å²) in [4.78, 5) is 28.0. The van der Waals surface area contributed by atoms with E-state index in [0.717, 1.165) is 43.2 Å². The zero-order chi connectivity index (χ0) is 26.0. The number of allylic oxidation sites excluding steroid dienone is 2. The van der Waals surface area contributed by atoms with Gasteiger partial charge in [-0.05, 0) is 80.1 Å². The average Bonchev–Trinajstić information content (AvgIpc) is 3.07. The number of phenolic OH excluding ortho intramolecular Hbond substituents is 1. The first-order valence-electron chi connectivity index (χ1n) is 13.4. The number of halogens is 1. The summed E-state index contributed by atoms with van der Waals surface area (Å²) in [6, 6.07) is 4.96. The van der Waals surface area contributed by atoms with Crippen molar-refractivity contribution in [1.29, 1.82) is 0 Å². The Morgan fingerprint density at radius 2 is 1.97 bits per heavy atom. The van der Waals surface area contributed by atoms with Crippen LogP contribution in [0.2, 0.25) is 11.3 Å². The molecule has 194 valence electrons. The molecular weight excluding hydrogens is 477 g/mol. The molecule has 2 fully saturated rings. The van der Waals surface area contributed by atoms with Gasteiger partial charge in [0.1, 0.15) is 5.75 Å². The van der Waals surface area contributed by atoms with E-state index in [0.29, 0.717) is 30.7 Å². The zero-order valence-corrected chi connectivity index (χ0v) is 22.3. The van der Waals surface area contributed by atoms with Crippen molar-refractivity contribution < 1.29 is 24.4 Å². The van der Waals surface area contributed by atoms with Crippen LogP contribution in [0.5, 0.6) is 5.75 Å². The van der Waals surface area contributed by atoms with Crippen molar-refractivity contribution in [2.24, 2.45) is 17.8 Å². The molecule has 36 heavy (non-hydrogen) atoms. The lowest BCUT2D eigenvalue weighted by molar-refractivity contribution is -0.140. The van der Waals surface area contributed by atoms with Gasteiger partial charge in [0.2, 0.25) is 11.8 Å². The molecule has 0 unspecified atom stereocenters. The fourth-order valence-electron chi connectivity index (χ4n) is 6.33. The smallest absolute Gasteiger partial charge is 0.455 e. The lowest BCUT2D eigenvalue weighted by atomic mass is 9.58. The average molecular weight is 514 g/mol. The summed E-state index contributed by atoms with van der Waals surface area (Å²) in [5.74, 6) is -0.842. The van der Waals surface area contributed by atoms with Crippen LogP contribution >= 0.6 is 11.6 Å². The number of hydrogen-bond donors (Lipinski definition) is 2. The van der Waals surface area contributed by atoms with E-state index in [1.54, 1.807) is 12.1 Å². The SMILES string of the molecule is CCCC1=C2[C@@H](CC/C(=C/c3ccc(O)cc3Cl)CC)OB(O)C[C@@H]2[C@@H]2C(=O)N(CCC)C(=O)[C@@H]2C1. The van der Waals surface area contributed by atoms with Crippen LogP contribution in [-0.2, 0) is 14.2 Å². The van der Waals surface area contributed by atoms with Crippen molar-refractivity contribution in [3.63, 3.8) is 0 Å². The van der Waals surface area contributed by atoms with Crippen LogP contribution in [-0.4, -0.2) is 46.6 Å². The fraction of sp³-hybridized carbons (Fsp3) is 0.571. The number of benzene rings is 1. The summed E-state index contributed by atoms with van der Waals surface area (Å²) in [5, 5.41) is 20.8. The summed E-state index contributed by atoms with van der Waals surface area (Å²) >= 11 is 6.32. The van der Waals surface area contributed by atoms with Gasteiger partial charge in [0.15, 0.2) is 0 Å². The number of hydrogen-bond acceptors (Lipinski definition) is 5. The Labute approximate surface area is 219 Å². The maximum atomic E-state index is 13.4. The highest BCUT2D eigenvalue weighted by molar-refractivity contribution is 6.43. The van der Waals surface area contributed by atoms with Gasteiger partial charge < -0.3 is 14.8 Å². The number of amides is 2. The Morgan fingerprint density at radius 1 is 1.19 bits per heavy atom. The van der Waals surface area contributed by atoms with Crippen molar-refractivity contribution in [1.82, 2.24) is 4.90 Å². The standard InChI is InChI=1S/C28H37BClNO5/c1-4-7-19-14-21-26(28(34)31(12-5-2)27(21)33)22-16-29(35)36-24(25(19)22)11-8-17(6-3)13-18-9-10-20(32)15-23(18)30/h9-10,13,15,21-22,24,26,32,35H,4-8,11-12,14,16H2,1-3H3/b17-13+/t21-,22+,24-,26-/m1/s1. The molecule has 0 aromatic heterocycles. The first-order chi connectivity index (χ1) is 17.3. The Hall–Kier alpha value is -2.09. The Balaban J connectivity index is 1.61. The lowest BCUT2D eigenvalue weighted by Crippen LogP contribution is -2.46. The molecule has 8 heteroatoms. The van der Waals surface area contributed by atoms with E-state index >= 15 is 0 Å². The molecule has 2 N–H and O–H groups in total. The number of aromatic hydroxyl groups is 1. The molecular formula is C28H37BClNO5. The van der Waals surface area contributed by atoms with E-state index in [2.05, 4.69) is 19.9 Å². The second kappa shape index (κ2) is 11.5. The molecule has 1 aromatic carbocycles. The minimum atomic E-state index is -0.950. The van der Waals surface area contributed by atoms with Crippen LogP contribution in [0.4, 0.5) is 0 Å². The fourth-order valence-corrected chi connectivity index (χ4v) is 6.56. The predicted octanol–water partition coefficient (Wildman–Crippen LogP) is 5.63. The summed E-state index contributed by atoms with van der Waals surface area (Å²) in [5.41, 5.74) is 4.44. The van der Waals surface area contributed by atoms with Crippen LogP contribution in [0.15, 0.2) is 34.9 Å². The quantitative estimate of drug-likeness (QED) is 0.254. The van der Waals surface area contributed by atoms with Gasteiger partial charge in [0.25, 0.3) is 0 Å². The highest BCUT2D eigenvalue weighted by Crippen LogP contribution is 2.51. The van der Waals surface area contributed by atoms with Gasteiger partial charge in [-0.2, -0.15) is 0 Å². The number of imide groups is 1. The number of carbonyl (C=O) groups excluding carboxylic acids is 2. The molecule has 0 spiro atoms. The molecule has 6 nitrogen and oxygen atoms in total. The third-order valence-electron chi connectivity index (χ3n) is 7.92. The van der Waals surface area contributed by atoms with E-state index < -0.39 is 13.0 Å². The van der Waals surface area contributed by atoms with Crippen LogP contribution < -0.4 is 0 Å². The van der Waals surface area contributed by atoms with Gasteiger partial charge in [-0.15, -0.1) is 0 Å². The molecule has 0 saturated carbocycles. The third-order valence-corrected chi connectivity index (χ3v) is 8.25. The normalized spacial score (nSPS) is 26.5. The molecule has 2 saturated heterocycles. The highest BCUT2D eigenvalue weighted by atomic mass is 35.5. The molecule has 4 rings (SSSR count). The summed E-state index contributed by atoms with van der Waals surface area (Å²) < 4.78 is 6.10. The van der Waals surface area contributed by atoms with E-state index in [1.807, 2.05) is 6.92 Å². The monoisotopic (exact) mass is 513 g/mol. The Kier molecular flexibility index (Phi) is 8.64. The first-order valence-corrected chi connectivity index (χ1v) is 13.7. The lowest BCUT2D eigenvalue weighted by Gasteiger charge is -2.43. The van der Waals surface area contributed by atoms with Crippen LogP contribution in [0.3, 0.4) is 0 Å². The minimum Gasteiger partial charge on any atom is -0.508 e. The second-order valence-electron chi connectivity index (χ2n) is 10.3. The van der Waals surface area contributed by atoms with Crippen molar-refractivity contribution in [3.8, 4) is 5.75 Å². The third kappa shape index (κ3) is 5.29. The predicted molar refractivity (Wildman–Crippen MR) is 142 cm³/mol. The van der Waals surface area contributed by atoms with Crippen LogP contribution in [0.1, 0.15) is 71.3 Å². The maximum Gasteiger partial charge on any atom is 0.455 e. The van der Waals surface area contributed by atoms with E-state index in [-0.39, 0.29) is 35.5 Å².